The molecular formula is C13H16N2O3. The number of hydrogen-bond acceptors (Lipinski definition) is 3. The molecule has 2 rings (SSSR count). The maximum absolute atomic E-state index is 12.0. The van der Waals surface area contributed by atoms with Crippen molar-refractivity contribution in [1.29, 1.82) is 0 Å². The number of aromatic carboxylic acids is 1. The summed E-state index contributed by atoms with van der Waals surface area (Å²) in [6.45, 7) is 4.46. The molecule has 96 valence electrons. The van der Waals surface area contributed by atoms with E-state index in [1.54, 1.807) is 12.1 Å². The SMILES string of the molecule is CC(C)C1CNc2cccc(C(=O)O)c2NC1=O. The largest absolute Gasteiger partial charge is 0.478 e. The summed E-state index contributed by atoms with van der Waals surface area (Å²) in [7, 11) is 0. The number of anilines is 2. The predicted octanol–water partition coefficient (Wildman–Crippen LogP) is 2.02. The van der Waals surface area contributed by atoms with Crippen molar-refractivity contribution in [2.45, 2.75) is 13.8 Å². The maximum Gasteiger partial charge on any atom is 0.337 e. The van der Waals surface area contributed by atoms with Gasteiger partial charge < -0.3 is 15.7 Å². The Labute approximate surface area is 105 Å². The van der Waals surface area contributed by atoms with E-state index >= 15 is 0 Å². The minimum atomic E-state index is -1.04. The second-order valence-electron chi connectivity index (χ2n) is 4.75. The predicted molar refractivity (Wildman–Crippen MR) is 68.8 cm³/mol. The van der Waals surface area contributed by atoms with Crippen LogP contribution in [0.25, 0.3) is 0 Å². The number of carbonyl (C=O) groups excluding carboxylic acids is 1. The first-order valence-electron chi connectivity index (χ1n) is 5.91. The normalized spacial score (nSPS) is 18.6. The highest BCUT2D eigenvalue weighted by Crippen LogP contribution is 2.30. The molecule has 1 aromatic carbocycles. The fourth-order valence-electron chi connectivity index (χ4n) is 2.08. The van der Waals surface area contributed by atoms with Gasteiger partial charge in [0, 0.05) is 6.54 Å². The Hall–Kier alpha value is -2.04. The highest BCUT2D eigenvalue weighted by atomic mass is 16.4. The number of benzene rings is 1. The van der Waals surface area contributed by atoms with E-state index in [-0.39, 0.29) is 23.3 Å². The van der Waals surface area contributed by atoms with Crippen LogP contribution in [-0.4, -0.2) is 23.5 Å². The van der Waals surface area contributed by atoms with Crippen LogP contribution in [-0.2, 0) is 4.79 Å². The summed E-state index contributed by atoms with van der Waals surface area (Å²) in [5.41, 5.74) is 1.13. The number of nitrogens with one attached hydrogen (secondary N) is 2. The van der Waals surface area contributed by atoms with Gasteiger partial charge >= 0.3 is 5.97 Å². The molecule has 1 atom stereocenters. The number of amides is 1. The summed E-state index contributed by atoms with van der Waals surface area (Å²) < 4.78 is 0. The molecule has 0 aliphatic carbocycles. The van der Waals surface area contributed by atoms with Gasteiger partial charge in [-0.15, -0.1) is 0 Å². The quantitative estimate of drug-likeness (QED) is 0.748. The van der Waals surface area contributed by atoms with Gasteiger partial charge in [-0.2, -0.15) is 0 Å². The van der Waals surface area contributed by atoms with E-state index in [1.165, 1.54) is 6.07 Å². The lowest BCUT2D eigenvalue weighted by molar-refractivity contribution is -0.120. The smallest absolute Gasteiger partial charge is 0.337 e. The van der Waals surface area contributed by atoms with Crippen LogP contribution in [0.5, 0.6) is 0 Å². The Balaban J connectivity index is 2.41. The Bertz CT molecular complexity index is 497. The molecule has 5 heteroatoms. The molecule has 1 heterocycles. The Morgan fingerprint density at radius 2 is 2.17 bits per heavy atom. The number of rotatable bonds is 2. The van der Waals surface area contributed by atoms with Crippen molar-refractivity contribution < 1.29 is 14.7 Å². The van der Waals surface area contributed by atoms with E-state index in [0.717, 1.165) is 0 Å². The number of hydrogen-bond donors (Lipinski definition) is 3. The third kappa shape index (κ3) is 2.16. The van der Waals surface area contributed by atoms with Gasteiger partial charge in [-0.25, -0.2) is 4.79 Å². The molecule has 1 unspecified atom stereocenters. The summed E-state index contributed by atoms with van der Waals surface area (Å²) in [5.74, 6) is -1.15. The zero-order valence-electron chi connectivity index (χ0n) is 10.4. The van der Waals surface area contributed by atoms with Crippen LogP contribution in [0.15, 0.2) is 18.2 Å². The number of carbonyl (C=O) groups is 2. The van der Waals surface area contributed by atoms with Gasteiger partial charge in [0.05, 0.1) is 22.9 Å². The van der Waals surface area contributed by atoms with Gasteiger partial charge in [-0.05, 0) is 18.1 Å². The fourth-order valence-corrected chi connectivity index (χ4v) is 2.08. The molecule has 18 heavy (non-hydrogen) atoms. The van der Waals surface area contributed by atoms with Crippen LogP contribution < -0.4 is 10.6 Å². The van der Waals surface area contributed by atoms with Crippen molar-refractivity contribution in [3.05, 3.63) is 23.8 Å². The van der Waals surface area contributed by atoms with Gasteiger partial charge in [0.1, 0.15) is 0 Å². The molecule has 3 N–H and O–H groups in total. The first-order valence-corrected chi connectivity index (χ1v) is 5.91. The molecule has 0 saturated heterocycles. The number of carboxylic acids is 1. The third-order valence-electron chi connectivity index (χ3n) is 3.20. The van der Waals surface area contributed by atoms with E-state index < -0.39 is 5.97 Å². The topological polar surface area (TPSA) is 78.4 Å². The standard InChI is InChI=1S/C13H16N2O3/c1-7(2)9-6-14-10-5-3-4-8(13(17)18)11(10)15-12(9)16/h3-5,7,9,14H,6H2,1-2H3,(H,15,16)(H,17,18). The molecule has 0 radical (unpaired) electrons. The van der Waals surface area contributed by atoms with E-state index in [1.807, 2.05) is 13.8 Å². The molecule has 1 aliphatic heterocycles. The Kier molecular flexibility index (Phi) is 3.23. The summed E-state index contributed by atoms with van der Waals surface area (Å²) >= 11 is 0. The van der Waals surface area contributed by atoms with Gasteiger partial charge in [-0.1, -0.05) is 19.9 Å². The molecule has 5 nitrogen and oxygen atoms in total. The van der Waals surface area contributed by atoms with Gasteiger partial charge in [0.2, 0.25) is 5.91 Å². The fraction of sp³-hybridized carbons (Fsp3) is 0.385. The first kappa shape index (κ1) is 12.4. The molecule has 1 aliphatic rings. The lowest BCUT2D eigenvalue weighted by Gasteiger charge is -2.16. The first-order chi connectivity index (χ1) is 8.50. The lowest BCUT2D eigenvalue weighted by atomic mass is 9.95. The van der Waals surface area contributed by atoms with Crippen LogP contribution in [0.2, 0.25) is 0 Å². The summed E-state index contributed by atoms with van der Waals surface area (Å²) in [6.07, 6.45) is 0. The molecular weight excluding hydrogens is 232 g/mol. The minimum absolute atomic E-state index is 0.109. The molecule has 0 spiro atoms. The van der Waals surface area contributed by atoms with E-state index in [0.29, 0.717) is 17.9 Å². The minimum Gasteiger partial charge on any atom is -0.478 e. The second kappa shape index (κ2) is 4.68. The van der Waals surface area contributed by atoms with Gasteiger partial charge in [0.15, 0.2) is 0 Å². The van der Waals surface area contributed by atoms with Crippen molar-refractivity contribution in [2.24, 2.45) is 11.8 Å². The van der Waals surface area contributed by atoms with E-state index in [2.05, 4.69) is 10.6 Å². The zero-order chi connectivity index (χ0) is 13.3. The second-order valence-corrected chi connectivity index (χ2v) is 4.75. The molecule has 1 amide bonds. The van der Waals surface area contributed by atoms with Crippen LogP contribution in [0.1, 0.15) is 24.2 Å². The van der Waals surface area contributed by atoms with Crippen LogP contribution >= 0.6 is 0 Å². The van der Waals surface area contributed by atoms with E-state index in [9.17, 15) is 9.59 Å². The average molecular weight is 248 g/mol. The maximum atomic E-state index is 12.0. The molecule has 0 aromatic heterocycles. The van der Waals surface area contributed by atoms with Crippen molar-refractivity contribution >= 4 is 23.3 Å². The number of para-hydroxylation sites is 1. The Morgan fingerprint density at radius 1 is 1.44 bits per heavy atom. The van der Waals surface area contributed by atoms with Crippen LogP contribution in [0, 0.1) is 11.8 Å². The molecule has 0 saturated carbocycles. The Morgan fingerprint density at radius 3 is 2.78 bits per heavy atom. The molecule has 0 bridgehead atoms. The van der Waals surface area contributed by atoms with Crippen LogP contribution in [0.4, 0.5) is 11.4 Å². The zero-order valence-corrected chi connectivity index (χ0v) is 10.4. The highest BCUT2D eigenvalue weighted by molar-refractivity contribution is 6.06. The van der Waals surface area contributed by atoms with Crippen molar-refractivity contribution in [3.63, 3.8) is 0 Å². The number of fused-ring (bicyclic) bond motifs is 1. The highest BCUT2D eigenvalue weighted by Gasteiger charge is 2.28. The van der Waals surface area contributed by atoms with Crippen molar-refractivity contribution in [2.75, 3.05) is 17.2 Å². The third-order valence-corrected chi connectivity index (χ3v) is 3.20. The number of carboxylic acid groups (broad SMARTS) is 1. The molecule has 1 aromatic rings. The summed E-state index contributed by atoms with van der Waals surface area (Å²) in [6, 6.07) is 4.92. The van der Waals surface area contributed by atoms with E-state index in [4.69, 9.17) is 5.11 Å². The summed E-state index contributed by atoms with van der Waals surface area (Å²) in [4.78, 5) is 23.2. The van der Waals surface area contributed by atoms with Crippen molar-refractivity contribution in [3.8, 4) is 0 Å². The van der Waals surface area contributed by atoms with Gasteiger partial charge in [0.25, 0.3) is 0 Å². The van der Waals surface area contributed by atoms with Gasteiger partial charge in [-0.3, -0.25) is 4.79 Å². The van der Waals surface area contributed by atoms with Crippen molar-refractivity contribution in [1.82, 2.24) is 0 Å². The lowest BCUT2D eigenvalue weighted by Crippen LogP contribution is -2.30. The van der Waals surface area contributed by atoms with Crippen LogP contribution in [0.3, 0.4) is 0 Å². The average Bonchev–Trinajstić information content (AvgIpc) is 2.46. The monoisotopic (exact) mass is 248 g/mol. The molecule has 0 fully saturated rings. The summed E-state index contributed by atoms with van der Waals surface area (Å²) in [5, 5.41) is 15.0.